The molecular formula is C10H20N2OS. The average molecular weight is 216 g/mol. The first-order valence-electron chi connectivity index (χ1n) is 4.85. The largest absolute Gasteiger partial charge is 0.359 e. The van der Waals surface area contributed by atoms with Gasteiger partial charge in [0.25, 0.3) is 0 Å². The zero-order valence-electron chi connectivity index (χ0n) is 9.84. The highest BCUT2D eigenvalue weighted by Crippen LogP contribution is 2.32. The van der Waals surface area contributed by atoms with Gasteiger partial charge in [-0.3, -0.25) is 0 Å². The molecule has 1 fully saturated rings. The summed E-state index contributed by atoms with van der Waals surface area (Å²) in [7, 11) is 1.70. The number of nitrogens with one attached hydrogen (secondary N) is 1. The van der Waals surface area contributed by atoms with E-state index in [1.807, 2.05) is 0 Å². The number of hydrogen-bond donors (Lipinski definition) is 1. The van der Waals surface area contributed by atoms with Crippen LogP contribution in [0.25, 0.3) is 0 Å². The summed E-state index contributed by atoms with van der Waals surface area (Å²) in [5.74, 6) is 0. The lowest BCUT2D eigenvalue weighted by molar-refractivity contribution is -0.0100. The smallest absolute Gasteiger partial charge is 0.172 e. The van der Waals surface area contributed by atoms with Gasteiger partial charge in [0.1, 0.15) is 0 Å². The third kappa shape index (κ3) is 1.73. The van der Waals surface area contributed by atoms with Crippen molar-refractivity contribution in [2.75, 3.05) is 7.11 Å². The first kappa shape index (κ1) is 11.7. The van der Waals surface area contributed by atoms with Gasteiger partial charge in [-0.25, -0.2) is 0 Å². The summed E-state index contributed by atoms with van der Waals surface area (Å²) in [6, 6.07) is 0. The Morgan fingerprint density at radius 2 is 1.93 bits per heavy atom. The highest BCUT2D eigenvalue weighted by atomic mass is 32.1. The zero-order valence-corrected chi connectivity index (χ0v) is 10.7. The molecule has 1 saturated heterocycles. The van der Waals surface area contributed by atoms with E-state index in [1.54, 1.807) is 7.11 Å². The Kier molecular flexibility index (Phi) is 2.80. The maximum atomic E-state index is 5.38. The summed E-state index contributed by atoms with van der Waals surface area (Å²) < 4.78 is 5.38. The molecule has 1 aliphatic rings. The lowest BCUT2D eigenvalue weighted by Gasteiger charge is -2.43. The van der Waals surface area contributed by atoms with E-state index in [-0.39, 0.29) is 17.3 Å². The molecule has 3 nitrogen and oxygen atoms in total. The minimum Gasteiger partial charge on any atom is -0.359 e. The molecule has 1 heterocycles. The van der Waals surface area contributed by atoms with E-state index in [0.717, 1.165) is 5.11 Å². The lowest BCUT2D eigenvalue weighted by atomic mass is 9.95. The quantitative estimate of drug-likeness (QED) is 0.675. The van der Waals surface area contributed by atoms with E-state index in [0.29, 0.717) is 0 Å². The molecule has 0 saturated carbocycles. The average Bonchev–Trinajstić information content (AvgIpc) is 2.18. The van der Waals surface area contributed by atoms with Crippen molar-refractivity contribution in [1.82, 2.24) is 10.2 Å². The fraction of sp³-hybridized carbons (Fsp3) is 0.900. The van der Waals surface area contributed by atoms with E-state index >= 15 is 0 Å². The third-order valence-electron chi connectivity index (χ3n) is 2.58. The maximum absolute atomic E-state index is 5.38. The Morgan fingerprint density at radius 3 is 2.14 bits per heavy atom. The Bertz CT molecular complexity index is 245. The highest BCUT2D eigenvalue weighted by molar-refractivity contribution is 7.80. The van der Waals surface area contributed by atoms with E-state index < -0.39 is 0 Å². The summed E-state index contributed by atoms with van der Waals surface area (Å²) in [6.07, 6.45) is -0.0331. The molecule has 0 spiro atoms. The summed E-state index contributed by atoms with van der Waals surface area (Å²) in [5, 5.41) is 3.96. The van der Waals surface area contributed by atoms with Gasteiger partial charge in [0, 0.05) is 12.6 Å². The van der Waals surface area contributed by atoms with Crippen molar-refractivity contribution in [3.63, 3.8) is 0 Å². The zero-order chi connectivity index (χ0) is 11.1. The van der Waals surface area contributed by atoms with E-state index in [2.05, 4.69) is 44.8 Å². The second-order valence-electron chi connectivity index (χ2n) is 5.23. The van der Waals surface area contributed by atoms with Crippen LogP contribution < -0.4 is 5.32 Å². The SMILES string of the molecule is COC1NC(=S)N(C(C)(C)C)C1(C)C. The molecule has 0 aliphatic carbocycles. The van der Waals surface area contributed by atoms with Gasteiger partial charge in [0.15, 0.2) is 11.3 Å². The van der Waals surface area contributed by atoms with Crippen LogP contribution in [-0.2, 0) is 4.74 Å². The van der Waals surface area contributed by atoms with Gasteiger partial charge < -0.3 is 15.0 Å². The molecule has 0 aromatic carbocycles. The topological polar surface area (TPSA) is 24.5 Å². The Morgan fingerprint density at radius 1 is 1.43 bits per heavy atom. The first-order valence-corrected chi connectivity index (χ1v) is 5.25. The van der Waals surface area contributed by atoms with Crippen molar-refractivity contribution in [2.45, 2.75) is 51.9 Å². The highest BCUT2D eigenvalue weighted by Gasteiger charge is 2.48. The second kappa shape index (κ2) is 3.35. The van der Waals surface area contributed by atoms with Crippen molar-refractivity contribution in [3.8, 4) is 0 Å². The number of methoxy groups -OCH3 is 1. The van der Waals surface area contributed by atoms with E-state index in [1.165, 1.54) is 0 Å². The van der Waals surface area contributed by atoms with Crippen LogP contribution in [0.2, 0.25) is 0 Å². The summed E-state index contributed by atoms with van der Waals surface area (Å²) in [4.78, 5) is 2.20. The molecule has 0 aromatic heterocycles. The molecule has 0 bridgehead atoms. The monoisotopic (exact) mass is 216 g/mol. The predicted octanol–water partition coefficient (Wildman–Crippen LogP) is 1.73. The summed E-state index contributed by atoms with van der Waals surface area (Å²) >= 11 is 5.32. The minimum atomic E-state index is -0.107. The number of hydrogen-bond acceptors (Lipinski definition) is 2. The van der Waals surface area contributed by atoms with Crippen molar-refractivity contribution >= 4 is 17.3 Å². The van der Waals surface area contributed by atoms with Crippen LogP contribution in [0.3, 0.4) is 0 Å². The molecule has 0 amide bonds. The molecule has 14 heavy (non-hydrogen) atoms. The molecule has 1 aliphatic heterocycles. The molecule has 1 unspecified atom stereocenters. The van der Waals surface area contributed by atoms with Crippen molar-refractivity contribution in [3.05, 3.63) is 0 Å². The van der Waals surface area contributed by atoms with E-state index in [9.17, 15) is 0 Å². The molecule has 4 heteroatoms. The van der Waals surface area contributed by atoms with Crippen LogP contribution in [-0.4, -0.2) is 34.4 Å². The van der Waals surface area contributed by atoms with Gasteiger partial charge in [-0.15, -0.1) is 0 Å². The Balaban J connectivity index is 3.02. The lowest BCUT2D eigenvalue weighted by Crippen LogP contribution is -2.55. The van der Waals surface area contributed by atoms with Gasteiger partial charge >= 0.3 is 0 Å². The maximum Gasteiger partial charge on any atom is 0.172 e. The van der Waals surface area contributed by atoms with Crippen molar-refractivity contribution in [2.24, 2.45) is 0 Å². The van der Waals surface area contributed by atoms with Gasteiger partial charge in [-0.1, -0.05) is 0 Å². The fourth-order valence-corrected chi connectivity index (χ4v) is 2.86. The number of nitrogens with zero attached hydrogens (tertiary/aromatic N) is 1. The van der Waals surface area contributed by atoms with Gasteiger partial charge in [0.2, 0.25) is 0 Å². The van der Waals surface area contributed by atoms with Crippen LogP contribution in [0, 0.1) is 0 Å². The van der Waals surface area contributed by atoms with Crippen molar-refractivity contribution in [1.29, 1.82) is 0 Å². The number of ether oxygens (including phenoxy) is 1. The second-order valence-corrected chi connectivity index (χ2v) is 5.61. The fourth-order valence-electron chi connectivity index (χ4n) is 2.25. The standard InChI is InChI=1S/C10H20N2OS/c1-9(2,3)12-8(14)11-7(13-6)10(12,4)5/h7H,1-6H3,(H,11,14). The molecule has 1 N–H and O–H groups in total. The third-order valence-corrected chi connectivity index (χ3v) is 2.88. The van der Waals surface area contributed by atoms with Crippen LogP contribution in [0.4, 0.5) is 0 Å². The molecule has 0 radical (unpaired) electrons. The molecule has 1 rings (SSSR count). The Labute approximate surface area is 91.8 Å². The van der Waals surface area contributed by atoms with Crippen LogP contribution in [0.1, 0.15) is 34.6 Å². The summed E-state index contributed by atoms with van der Waals surface area (Å²) in [6.45, 7) is 10.7. The number of thiocarbonyl (C=S) groups is 1. The number of rotatable bonds is 1. The Hall–Kier alpha value is -0.350. The van der Waals surface area contributed by atoms with Crippen LogP contribution >= 0.6 is 12.2 Å². The summed E-state index contributed by atoms with van der Waals surface area (Å²) in [5.41, 5.74) is -0.0923. The first-order chi connectivity index (χ1) is 6.21. The van der Waals surface area contributed by atoms with Crippen molar-refractivity contribution < 1.29 is 4.74 Å². The molecule has 0 aromatic rings. The van der Waals surface area contributed by atoms with Gasteiger partial charge in [0.05, 0.1) is 5.54 Å². The van der Waals surface area contributed by atoms with E-state index in [4.69, 9.17) is 17.0 Å². The van der Waals surface area contributed by atoms with Crippen LogP contribution in [0.5, 0.6) is 0 Å². The normalized spacial score (nSPS) is 26.6. The molecule has 82 valence electrons. The van der Waals surface area contributed by atoms with Gasteiger partial charge in [-0.2, -0.15) is 0 Å². The minimum absolute atomic E-state index is 0.0147. The molecule has 1 atom stereocenters. The van der Waals surface area contributed by atoms with Crippen LogP contribution in [0.15, 0.2) is 0 Å². The predicted molar refractivity (Wildman–Crippen MR) is 62.2 cm³/mol. The molecular weight excluding hydrogens is 196 g/mol. The van der Waals surface area contributed by atoms with Gasteiger partial charge in [-0.05, 0) is 46.8 Å².